The molecule has 0 N–H and O–H groups in total. The molecule has 0 unspecified atom stereocenters. The smallest absolute Gasteiger partial charge is 0.143 e. The highest BCUT2D eigenvalue weighted by Gasteiger charge is 2.24. The van der Waals surface area contributed by atoms with Gasteiger partial charge in [-0.3, -0.25) is 0 Å². The van der Waals surface area contributed by atoms with Gasteiger partial charge in [0.1, 0.15) is 22.3 Å². The first-order valence-electron chi connectivity index (χ1n) is 18.7. The van der Waals surface area contributed by atoms with Crippen LogP contribution in [0.1, 0.15) is 0 Å². The summed E-state index contributed by atoms with van der Waals surface area (Å²) in [6.07, 6.45) is 0. The van der Waals surface area contributed by atoms with Gasteiger partial charge >= 0.3 is 0 Å². The molecule has 11 aromatic rings. The van der Waals surface area contributed by atoms with Gasteiger partial charge in [-0.15, -0.1) is 0 Å². The number of para-hydroxylation sites is 2. The molecule has 258 valence electrons. The fourth-order valence-electron chi connectivity index (χ4n) is 8.22. The third kappa shape index (κ3) is 5.20. The second-order valence-corrected chi connectivity index (χ2v) is 14.1. The maximum Gasteiger partial charge on any atom is 0.143 e. The van der Waals surface area contributed by atoms with E-state index in [0.29, 0.717) is 0 Å². The number of furan rings is 2. The molecule has 2 heterocycles. The minimum atomic E-state index is 0.846. The van der Waals surface area contributed by atoms with E-state index in [1.807, 2.05) is 12.1 Å². The fourth-order valence-corrected chi connectivity index (χ4v) is 8.22. The molecule has 0 saturated heterocycles. The van der Waals surface area contributed by atoms with E-state index in [1.54, 1.807) is 0 Å². The Bertz CT molecular complexity index is 3180. The molecule has 0 aliphatic carbocycles. The van der Waals surface area contributed by atoms with Crippen LogP contribution in [0.3, 0.4) is 0 Å². The van der Waals surface area contributed by atoms with Gasteiger partial charge in [0.2, 0.25) is 0 Å². The Balaban J connectivity index is 1.16. The van der Waals surface area contributed by atoms with Crippen molar-refractivity contribution < 1.29 is 8.83 Å². The molecule has 0 radical (unpaired) electrons. The molecule has 55 heavy (non-hydrogen) atoms. The van der Waals surface area contributed by atoms with Gasteiger partial charge < -0.3 is 13.7 Å². The van der Waals surface area contributed by atoms with Gasteiger partial charge in [0.25, 0.3) is 0 Å². The maximum absolute atomic E-state index is 6.70. The first kappa shape index (κ1) is 31.2. The Morgan fingerprint density at radius 2 is 0.909 bits per heavy atom. The van der Waals surface area contributed by atoms with Gasteiger partial charge in [0.15, 0.2) is 0 Å². The largest absolute Gasteiger partial charge is 0.456 e. The highest BCUT2D eigenvalue weighted by molar-refractivity contribution is 6.19. The van der Waals surface area contributed by atoms with Crippen molar-refractivity contribution in [2.24, 2.45) is 0 Å². The van der Waals surface area contributed by atoms with Crippen molar-refractivity contribution in [1.29, 1.82) is 0 Å². The molecule has 0 bridgehead atoms. The highest BCUT2D eigenvalue weighted by Crippen LogP contribution is 2.49. The van der Waals surface area contributed by atoms with E-state index in [4.69, 9.17) is 8.83 Å². The molecule has 0 aliphatic heterocycles. The first-order chi connectivity index (χ1) is 27.3. The van der Waals surface area contributed by atoms with Gasteiger partial charge in [-0.2, -0.15) is 0 Å². The fraction of sp³-hybridized carbons (Fsp3) is 0. The number of benzene rings is 9. The number of hydrogen-bond acceptors (Lipinski definition) is 3. The number of fused-ring (bicyclic) bond motifs is 7. The lowest BCUT2D eigenvalue weighted by molar-refractivity contribution is 0.669. The minimum Gasteiger partial charge on any atom is -0.456 e. The average Bonchev–Trinajstić information content (AvgIpc) is 3.82. The molecule has 3 nitrogen and oxygen atoms in total. The molecule has 11 rings (SSSR count). The van der Waals surface area contributed by atoms with Crippen LogP contribution in [-0.2, 0) is 0 Å². The van der Waals surface area contributed by atoms with E-state index in [2.05, 4.69) is 193 Å². The van der Waals surface area contributed by atoms with Crippen molar-refractivity contribution in [1.82, 2.24) is 0 Å². The number of nitrogens with zero attached hydrogens (tertiary/aromatic N) is 1. The topological polar surface area (TPSA) is 29.5 Å². The van der Waals surface area contributed by atoms with E-state index in [0.717, 1.165) is 88.6 Å². The molecular formula is C52H33NO2. The van der Waals surface area contributed by atoms with Crippen LogP contribution < -0.4 is 4.90 Å². The van der Waals surface area contributed by atoms with Gasteiger partial charge in [-0.25, -0.2) is 0 Å². The van der Waals surface area contributed by atoms with Crippen LogP contribution in [0.4, 0.5) is 17.1 Å². The summed E-state index contributed by atoms with van der Waals surface area (Å²) in [6, 6.07) is 71.0. The Morgan fingerprint density at radius 3 is 1.65 bits per heavy atom. The van der Waals surface area contributed by atoms with Crippen LogP contribution >= 0.6 is 0 Å². The number of anilines is 3. The molecule has 2 aromatic heterocycles. The van der Waals surface area contributed by atoms with Gasteiger partial charge in [-0.1, -0.05) is 146 Å². The molecular weight excluding hydrogens is 671 g/mol. The van der Waals surface area contributed by atoms with Crippen LogP contribution in [-0.4, -0.2) is 0 Å². The van der Waals surface area contributed by atoms with Crippen molar-refractivity contribution >= 4 is 71.7 Å². The summed E-state index contributed by atoms with van der Waals surface area (Å²) in [6.45, 7) is 0. The molecule has 0 saturated carbocycles. The van der Waals surface area contributed by atoms with Crippen molar-refractivity contribution in [2.45, 2.75) is 0 Å². The predicted octanol–water partition coefficient (Wildman–Crippen LogP) is 15.1. The minimum absolute atomic E-state index is 0.846. The SMILES string of the molecule is c1ccc(-c2ccc(N(c3ccc(-c4cccc5c4oc4ccccc45)cc3)c3c(-c4ccccc4)ccc4oc5cc6ccccc6cc5c34)cc2)cc1. The molecule has 3 heteroatoms. The molecule has 0 fully saturated rings. The van der Waals surface area contributed by atoms with Crippen LogP contribution in [0.2, 0.25) is 0 Å². The number of rotatable bonds is 6. The quantitative estimate of drug-likeness (QED) is 0.173. The van der Waals surface area contributed by atoms with Crippen LogP contribution in [0.25, 0.3) is 88.0 Å². The zero-order chi connectivity index (χ0) is 36.3. The predicted molar refractivity (Wildman–Crippen MR) is 229 cm³/mol. The van der Waals surface area contributed by atoms with Crippen LogP contribution in [0.5, 0.6) is 0 Å². The summed E-state index contributed by atoms with van der Waals surface area (Å²) in [4.78, 5) is 2.40. The standard InChI is InChI=1S/C52H33NO2/c1-3-12-34(13-4-1)35-22-26-40(27-23-35)53(41-28-24-37(25-29-41)43-19-11-20-45-44-18-9-10-21-47(44)55-52(43)45)51-42(36-14-5-2-6-15-36)30-31-48-50(51)46-32-38-16-7-8-17-39(38)33-49(46)54-48/h1-33H. The third-order valence-corrected chi connectivity index (χ3v) is 10.9. The summed E-state index contributed by atoms with van der Waals surface area (Å²) in [5.41, 5.74) is 13.4. The van der Waals surface area contributed by atoms with Crippen molar-refractivity contribution in [3.8, 4) is 33.4 Å². The van der Waals surface area contributed by atoms with E-state index in [9.17, 15) is 0 Å². The molecule has 0 aliphatic rings. The van der Waals surface area contributed by atoms with Crippen LogP contribution in [0, 0.1) is 0 Å². The van der Waals surface area contributed by atoms with E-state index in [-0.39, 0.29) is 0 Å². The lowest BCUT2D eigenvalue weighted by atomic mass is 9.96. The summed E-state index contributed by atoms with van der Waals surface area (Å²) >= 11 is 0. The zero-order valence-electron chi connectivity index (χ0n) is 29.8. The molecule has 0 spiro atoms. The molecule has 9 aromatic carbocycles. The van der Waals surface area contributed by atoms with Gasteiger partial charge in [0.05, 0.1) is 11.1 Å². The van der Waals surface area contributed by atoms with E-state index < -0.39 is 0 Å². The molecule has 0 atom stereocenters. The Morgan fingerprint density at radius 1 is 0.327 bits per heavy atom. The Labute approximate surface area is 317 Å². The Kier molecular flexibility index (Phi) is 7.17. The van der Waals surface area contributed by atoms with Crippen molar-refractivity contribution in [3.05, 3.63) is 200 Å². The monoisotopic (exact) mass is 703 g/mol. The first-order valence-corrected chi connectivity index (χ1v) is 18.7. The van der Waals surface area contributed by atoms with E-state index >= 15 is 0 Å². The van der Waals surface area contributed by atoms with Gasteiger partial charge in [-0.05, 0) is 87.6 Å². The lowest BCUT2D eigenvalue weighted by Crippen LogP contribution is -2.11. The maximum atomic E-state index is 6.70. The lowest BCUT2D eigenvalue weighted by Gasteiger charge is -2.29. The van der Waals surface area contributed by atoms with Crippen LogP contribution in [0.15, 0.2) is 209 Å². The summed E-state index contributed by atoms with van der Waals surface area (Å²) in [5, 5.41) is 6.74. The molecule has 0 amide bonds. The van der Waals surface area contributed by atoms with Gasteiger partial charge in [0, 0.05) is 38.7 Å². The van der Waals surface area contributed by atoms with E-state index in [1.165, 1.54) is 16.5 Å². The normalized spacial score (nSPS) is 11.6. The second kappa shape index (κ2) is 12.6. The van der Waals surface area contributed by atoms with Crippen molar-refractivity contribution in [3.63, 3.8) is 0 Å². The zero-order valence-corrected chi connectivity index (χ0v) is 29.8. The Hall–Kier alpha value is -7.36. The summed E-state index contributed by atoms with van der Waals surface area (Å²) in [7, 11) is 0. The average molecular weight is 704 g/mol. The highest BCUT2D eigenvalue weighted by atomic mass is 16.3. The summed E-state index contributed by atoms with van der Waals surface area (Å²) < 4.78 is 13.2. The van der Waals surface area contributed by atoms with Crippen molar-refractivity contribution in [2.75, 3.05) is 4.90 Å². The third-order valence-electron chi connectivity index (χ3n) is 10.9. The summed E-state index contributed by atoms with van der Waals surface area (Å²) in [5.74, 6) is 0. The number of hydrogen-bond donors (Lipinski definition) is 0. The second-order valence-electron chi connectivity index (χ2n) is 14.1.